The van der Waals surface area contributed by atoms with Gasteiger partial charge in [-0.15, -0.1) is 0 Å². The summed E-state index contributed by atoms with van der Waals surface area (Å²) in [5.74, 6) is -2.42. The number of halogens is 3. The standard InChI is InChI=1S/C29H37F3N2O3/c1-3-21-14-23(10-11-24(21)15-34-16-25(17-34)28(35)36)19(2)33-37-18-20-9-12-26(22-7-5-4-6-8-22)27(13-20)29(30,31)32/h9-12,14,22,25,27H,3-8,13,15-18H2,1-2H3,(H,35,36)/b33-19+. The van der Waals surface area contributed by atoms with Crippen molar-refractivity contribution in [1.82, 2.24) is 4.90 Å². The molecule has 5 nitrogen and oxygen atoms in total. The van der Waals surface area contributed by atoms with Crippen molar-refractivity contribution in [3.63, 3.8) is 0 Å². The number of hydrogen-bond acceptors (Lipinski definition) is 4. The van der Waals surface area contributed by atoms with Gasteiger partial charge in [0.1, 0.15) is 6.61 Å². The van der Waals surface area contributed by atoms with Gasteiger partial charge in [-0.1, -0.05) is 61.2 Å². The van der Waals surface area contributed by atoms with Gasteiger partial charge in [-0.3, -0.25) is 9.69 Å². The average Bonchev–Trinajstić information content (AvgIpc) is 2.85. The number of hydrogen-bond donors (Lipinski definition) is 1. The molecule has 1 saturated carbocycles. The van der Waals surface area contributed by atoms with E-state index in [9.17, 15) is 18.0 Å². The fourth-order valence-electron chi connectivity index (χ4n) is 5.74. The molecule has 2 fully saturated rings. The summed E-state index contributed by atoms with van der Waals surface area (Å²) in [4.78, 5) is 18.7. The highest BCUT2D eigenvalue weighted by Gasteiger charge is 2.45. The Morgan fingerprint density at radius 2 is 1.86 bits per heavy atom. The Kier molecular flexibility index (Phi) is 8.78. The van der Waals surface area contributed by atoms with E-state index in [1.807, 2.05) is 19.1 Å². The first-order chi connectivity index (χ1) is 17.7. The van der Waals surface area contributed by atoms with Gasteiger partial charge in [-0.2, -0.15) is 13.2 Å². The molecular weight excluding hydrogens is 481 g/mol. The summed E-state index contributed by atoms with van der Waals surface area (Å²) >= 11 is 0. The van der Waals surface area contributed by atoms with Gasteiger partial charge in [0.05, 0.1) is 17.5 Å². The van der Waals surface area contributed by atoms with Crippen molar-refractivity contribution < 1.29 is 27.9 Å². The van der Waals surface area contributed by atoms with Crippen LogP contribution >= 0.6 is 0 Å². The molecule has 1 saturated heterocycles. The third-order valence-corrected chi connectivity index (χ3v) is 8.01. The minimum absolute atomic E-state index is 0.0368. The van der Waals surface area contributed by atoms with E-state index in [1.54, 1.807) is 12.2 Å². The number of oxime groups is 1. The van der Waals surface area contributed by atoms with E-state index in [-0.39, 0.29) is 24.9 Å². The summed E-state index contributed by atoms with van der Waals surface area (Å²) in [7, 11) is 0. The van der Waals surface area contributed by atoms with Crippen LogP contribution < -0.4 is 0 Å². The van der Waals surface area contributed by atoms with Gasteiger partial charge < -0.3 is 9.94 Å². The van der Waals surface area contributed by atoms with Crippen LogP contribution in [0.3, 0.4) is 0 Å². The van der Waals surface area contributed by atoms with Crippen molar-refractivity contribution in [2.24, 2.45) is 22.9 Å². The highest BCUT2D eigenvalue weighted by molar-refractivity contribution is 5.98. The largest absolute Gasteiger partial charge is 0.481 e. The summed E-state index contributed by atoms with van der Waals surface area (Å²) in [5.41, 5.74) is 5.04. The second-order valence-corrected chi connectivity index (χ2v) is 10.6. The lowest BCUT2D eigenvalue weighted by Gasteiger charge is -2.37. The summed E-state index contributed by atoms with van der Waals surface area (Å²) in [6.07, 6.45) is 4.81. The van der Waals surface area contributed by atoms with Crippen molar-refractivity contribution in [3.05, 3.63) is 58.2 Å². The number of allylic oxidation sites excluding steroid dienone is 3. The third-order valence-electron chi connectivity index (χ3n) is 8.01. The molecule has 3 aliphatic rings. The minimum Gasteiger partial charge on any atom is -0.481 e. The molecule has 2 aliphatic carbocycles. The molecule has 1 unspecified atom stereocenters. The Morgan fingerprint density at radius 3 is 2.51 bits per heavy atom. The van der Waals surface area contributed by atoms with Crippen LogP contribution in [0.25, 0.3) is 0 Å². The summed E-state index contributed by atoms with van der Waals surface area (Å²) < 4.78 is 41.7. The van der Waals surface area contributed by atoms with Crippen molar-refractivity contribution in [1.29, 1.82) is 0 Å². The predicted octanol–water partition coefficient (Wildman–Crippen LogP) is 6.52. The van der Waals surface area contributed by atoms with E-state index in [4.69, 9.17) is 9.94 Å². The molecular formula is C29H37F3N2O3. The fraction of sp³-hybridized carbons (Fsp3) is 0.586. The highest BCUT2D eigenvalue weighted by atomic mass is 19.4. The van der Waals surface area contributed by atoms with Crippen LogP contribution in [0.4, 0.5) is 13.2 Å². The SMILES string of the molecule is CCc1cc(/C(C)=N/OCC2=CC=C(C3CCCCC3)C(C(F)(F)F)C2)ccc1CN1CC(C(=O)O)C1. The molecule has 1 aliphatic heterocycles. The van der Waals surface area contributed by atoms with Crippen LogP contribution in [-0.4, -0.2) is 47.6 Å². The average molecular weight is 519 g/mol. The number of benzene rings is 1. The molecule has 0 amide bonds. The van der Waals surface area contributed by atoms with Crippen molar-refractivity contribution in [2.45, 2.75) is 71.5 Å². The number of aryl methyl sites for hydroxylation is 1. The Balaban J connectivity index is 1.37. The molecule has 1 atom stereocenters. The van der Waals surface area contributed by atoms with Gasteiger partial charge in [-0.05, 0) is 66.9 Å². The van der Waals surface area contributed by atoms with Crippen LogP contribution in [0.15, 0.2) is 46.7 Å². The molecule has 1 N–H and O–H groups in total. The Hall–Kier alpha value is -2.61. The first kappa shape index (κ1) is 27.4. The smallest absolute Gasteiger partial charge is 0.395 e. The van der Waals surface area contributed by atoms with Gasteiger partial charge in [0.25, 0.3) is 0 Å². The van der Waals surface area contributed by atoms with E-state index in [1.165, 1.54) is 0 Å². The maximum atomic E-state index is 13.9. The number of carboxylic acid groups (broad SMARTS) is 1. The summed E-state index contributed by atoms with van der Waals surface area (Å²) in [6.45, 7) is 5.79. The monoisotopic (exact) mass is 518 g/mol. The summed E-state index contributed by atoms with van der Waals surface area (Å²) in [6, 6.07) is 6.06. The minimum atomic E-state index is -4.26. The number of aliphatic carboxylic acids is 1. The van der Waals surface area contributed by atoms with Gasteiger partial charge in [0.2, 0.25) is 0 Å². The quantitative estimate of drug-likeness (QED) is 0.299. The maximum absolute atomic E-state index is 13.9. The van der Waals surface area contributed by atoms with E-state index in [0.717, 1.165) is 55.2 Å². The van der Waals surface area contributed by atoms with Crippen LogP contribution in [0.2, 0.25) is 0 Å². The zero-order valence-electron chi connectivity index (χ0n) is 21.7. The molecule has 1 aromatic rings. The molecule has 202 valence electrons. The number of alkyl halides is 3. The molecule has 0 bridgehead atoms. The number of rotatable bonds is 9. The van der Waals surface area contributed by atoms with E-state index in [2.05, 4.69) is 23.0 Å². The molecule has 8 heteroatoms. The number of carboxylic acids is 1. The second kappa shape index (κ2) is 11.8. The van der Waals surface area contributed by atoms with Crippen molar-refractivity contribution in [3.8, 4) is 0 Å². The van der Waals surface area contributed by atoms with Gasteiger partial charge in [0.15, 0.2) is 0 Å². The first-order valence-corrected chi connectivity index (χ1v) is 13.4. The van der Waals surface area contributed by atoms with Gasteiger partial charge in [-0.25, -0.2) is 0 Å². The first-order valence-electron chi connectivity index (χ1n) is 13.4. The lowest BCUT2D eigenvalue weighted by molar-refractivity contribution is -0.166. The van der Waals surface area contributed by atoms with E-state index >= 15 is 0 Å². The zero-order valence-corrected chi connectivity index (χ0v) is 21.7. The lowest BCUT2D eigenvalue weighted by atomic mass is 9.74. The molecule has 37 heavy (non-hydrogen) atoms. The predicted molar refractivity (Wildman–Crippen MR) is 137 cm³/mol. The van der Waals surface area contributed by atoms with Crippen molar-refractivity contribution in [2.75, 3.05) is 19.7 Å². The van der Waals surface area contributed by atoms with Crippen molar-refractivity contribution >= 4 is 11.7 Å². The normalized spacial score (nSPS) is 22.3. The number of nitrogens with zero attached hydrogens (tertiary/aromatic N) is 2. The zero-order chi connectivity index (χ0) is 26.6. The van der Waals surface area contributed by atoms with Gasteiger partial charge in [0, 0.05) is 19.6 Å². The fourth-order valence-corrected chi connectivity index (χ4v) is 5.74. The van der Waals surface area contributed by atoms with Crippen LogP contribution in [0, 0.1) is 17.8 Å². The van der Waals surface area contributed by atoms with Gasteiger partial charge >= 0.3 is 12.1 Å². The van der Waals surface area contributed by atoms with E-state index < -0.39 is 18.1 Å². The second-order valence-electron chi connectivity index (χ2n) is 10.6. The van der Waals surface area contributed by atoms with Crippen LogP contribution in [0.1, 0.15) is 69.1 Å². The molecule has 1 aromatic carbocycles. The van der Waals surface area contributed by atoms with E-state index in [0.29, 0.717) is 36.5 Å². The Morgan fingerprint density at radius 1 is 1.14 bits per heavy atom. The molecule has 0 aromatic heterocycles. The lowest BCUT2D eigenvalue weighted by Crippen LogP contribution is -2.49. The molecule has 4 rings (SSSR count). The molecule has 0 radical (unpaired) electrons. The topological polar surface area (TPSA) is 62.1 Å². The Labute approximate surface area is 217 Å². The summed E-state index contributed by atoms with van der Waals surface area (Å²) in [5, 5.41) is 13.3. The highest BCUT2D eigenvalue weighted by Crippen LogP contribution is 2.45. The van der Waals surface area contributed by atoms with Crippen LogP contribution in [0.5, 0.6) is 0 Å². The third kappa shape index (κ3) is 6.83. The molecule has 0 spiro atoms. The van der Waals surface area contributed by atoms with Crippen LogP contribution in [-0.2, 0) is 22.6 Å². The molecule has 1 heterocycles. The number of carbonyl (C=O) groups is 1. The number of likely N-dealkylation sites (tertiary alicyclic amines) is 1. The Bertz CT molecular complexity index is 1060. The maximum Gasteiger partial charge on any atom is 0.395 e.